The number of allylic oxidation sites excluding steroid dienone is 3. The molecule has 34 heavy (non-hydrogen) atoms. The molecule has 0 bridgehead atoms. The minimum Gasteiger partial charge on any atom is -0.350 e. The number of aromatic nitrogens is 3. The van der Waals surface area contributed by atoms with Crippen LogP contribution in [-0.2, 0) is 9.84 Å². The van der Waals surface area contributed by atoms with Crippen molar-refractivity contribution < 1.29 is 26.4 Å². The van der Waals surface area contributed by atoms with Gasteiger partial charge in [0.1, 0.15) is 0 Å². The van der Waals surface area contributed by atoms with Gasteiger partial charge in [-0.1, -0.05) is 12.7 Å². The molecule has 0 aromatic carbocycles. The number of alkyl halides is 3. The molecule has 0 atom stereocenters. The maximum Gasteiger partial charge on any atom is 0.401 e. The first kappa shape index (κ1) is 25.6. The second-order valence-corrected chi connectivity index (χ2v) is 9.94. The lowest BCUT2D eigenvalue weighted by atomic mass is 10.1. The van der Waals surface area contributed by atoms with Crippen LogP contribution >= 0.6 is 0 Å². The Morgan fingerprint density at radius 1 is 1.29 bits per heavy atom. The van der Waals surface area contributed by atoms with Crippen LogP contribution in [0.4, 0.5) is 13.2 Å². The Hall–Kier alpha value is -3.06. The lowest BCUT2D eigenvalue weighted by Gasteiger charge is -2.32. The number of carbonyl (C=O) groups excluding carboxylic acids is 1. The number of rotatable bonds is 9. The molecule has 1 aliphatic heterocycles. The number of amides is 1. The molecule has 1 fully saturated rings. The molecule has 0 spiro atoms. The van der Waals surface area contributed by atoms with Crippen molar-refractivity contribution in [1.82, 2.24) is 24.6 Å². The van der Waals surface area contributed by atoms with Crippen molar-refractivity contribution in [3.05, 3.63) is 54.0 Å². The van der Waals surface area contributed by atoms with Gasteiger partial charge in [-0.25, -0.2) is 18.4 Å². The van der Waals surface area contributed by atoms with Gasteiger partial charge in [0.2, 0.25) is 5.78 Å². The van der Waals surface area contributed by atoms with Crippen LogP contribution in [0.15, 0.2) is 53.4 Å². The average Bonchev–Trinajstić information content (AvgIpc) is 3.25. The lowest BCUT2D eigenvalue weighted by Crippen LogP contribution is -2.43. The molecule has 184 valence electrons. The number of halogens is 3. The highest BCUT2D eigenvalue weighted by Gasteiger charge is 2.36. The minimum atomic E-state index is -4.32. The summed E-state index contributed by atoms with van der Waals surface area (Å²) in [4.78, 5) is 25.6. The number of hydrogen-bond donors (Lipinski definition) is 1. The fourth-order valence-corrected chi connectivity index (χ4v) is 5.30. The average molecular weight is 499 g/mol. The quantitative estimate of drug-likeness (QED) is 0.322. The summed E-state index contributed by atoms with van der Waals surface area (Å²) in [6.45, 7) is 2.86. The highest BCUT2D eigenvalue weighted by molar-refractivity contribution is 7.96. The molecule has 1 aliphatic rings. The number of likely N-dealkylation sites (tertiary alicyclic amines) is 1. The second kappa shape index (κ2) is 10.9. The van der Waals surface area contributed by atoms with Gasteiger partial charge in [-0.15, -0.1) is 0 Å². The number of nitrogens with one attached hydrogen (secondary N) is 1. The SMILES string of the molecule is C=C/C=C(\C=NCCNC(=O)c1cnc2nccn2c1)S(=O)(=O)C1CCN(CC(F)(F)F)CC1. The Morgan fingerprint density at radius 3 is 2.71 bits per heavy atom. The highest BCUT2D eigenvalue weighted by atomic mass is 32.2. The molecular formula is C21H25F3N6O3S. The molecule has 9 nitrogen and oxygen atoms in total. The molecule has 0 aliphatic carbocycles. The van der Waals surface area contributed by atoms with E-state index in [1.54, 1.807) is 23.0 Å². The van der Waals surface area contributed by atoms with Crippen LogP contribution in [-0.4, -0.2) is 84.0 Å². The van der Waals surface area contributed by atoms with Crippen LogP contribution in [0.2, 0.25) is 0 Å². The maximum absolute atomic E-state index is 13.0. The first-order chi connectivity index (χ1) is 16.1. The summed E-state index contributed by atoms with van der Waals surface area (Å²) < 4.78 is 65.3. The van der Waals surface area contributed by atoms with E-state index in [1.165, 1.54) is 29.5 Å². The van der Waals surface area contributed by atoms with Gasteiger partial charge in [0, 0.05) is 37.5 Å². The Bertz CT molecular complexity index is 1180. The monoisotopic (exact) mass is 498 g/mol. The lowest BCUT2D eigenvalue weighted by molar-refractivity contribution is -0.147. The van der Waals surface area contributed by atoms with Crippen molar-refractivity contribution in [2.75, 3.05) is 32.7 Å². The van der Waals surface area contributed by atoms with Crippen LogP contribution < -0.4 is 5.32 Å². The van der Waals surface area contributed by atoms with Gasteiger partial charge < -0.3 is 5.32 Å². The molecule has 1 saturated heterocycles. The van der Waals surface area contributed by atoms with Crippen molar-refractivity contribution in [2.45, 2.75) is 24.3 Å². The maximum atomic E-state index is 13.0. The number of imidazole rings is 1. The zero-order valence-corrected chi connectivity index (χ0v) is 19.1. The van der Waals surface area contributed by atoms with E-state index in [0.717, 1.165) is 0 Å². The summed E-state index contributed by atoms with van der Waals surface area (Å²) in [5.41, 5.74) is 0.334. The van der Waals surface area contributed by atoms with Crippen molar-refractivity contribution in [3.8, 4) is 0 Å². The minimum absolute atomic E-state index is 0.0493. The zero-order chi connectivity index (χ0) is 24.8. The van der Waals surface area contributed by atoms with Gasteiger partial charge in [0.05, 0.1) is 28.8 Å². The largest absolute Gasteiger partial charge is 0.401 e. The Morgan fingerprint density at radius 2 is 2.03 bits per heavy atom. The summed E-state index contributed by atoms with van der Waals surface area (Å²) >= 11 is 0. The number of nitrogens with zero attached hydrogens (tertiary/aromatic N) is 5. The predicted molar refractivity (Wildman–Crippen MR) is 121 cm³/mol. The summed E-state index contributed by atoms with van der Waals surface area (Å²) in [7, 11) is -3.79. The zero-order valence-electron chi connectivity index (χ0n) is 18.3. The van der Waals surface area contributed by atoms with Crippen LogP contribution in [0.5, 0.6) is 0 Å². The fourth-order valence-electron chi connectivity index (χ4n) is 3.58. The summed E-state index contributed by atoms with van der Waals surface area (Å²) in [5, 5.41) is 1.88. The molecule has 2 aromatic rings. The van der Waals surface area contributed by atoms with Gasteiger partial charge >= 0.3 is 6.18 Å². The third-order valence-corrected chi connectivity index (χ3v) is 7.49. The van der Waals surface area contributed by atoms with Gasteiger partial charge in [-0.05, 0) is 32.0 Å². The third-order valence-electron chi connectivity index (χ3n) is 5.24. The molecule has 3 rings (SSSR count). The van der Waals surface area contributed by atoms with Gasteiger partial charge in [-0.2, -0.15) is 13.2 Å². The summed E-state index contributed by atoms with van der Waals surface area (Å²) in [6, 6.07) is 0. The van der Waals surface area contributed by atoms with Gasteiger partial charge in [-0.3, -0.25) is 19.1 Å². The Kier molecular flexibility index (Phi) is 8.20. The van der Waals surface area contributed by atoms with Crippen LogP contribution in [0.3, 0.4) is 0 Å². The van der Waals surface area contributed by atoms with E-state index < -0.39 is 27.8 Å². The number of piperidine rings is 1. The van der Waals surface area contributed by atoms with Crippen LogP contribution in [0.1, 0.15) is 23.2 Å². The molecule has 13 heteroatoms. The highest BCUT2D eigenvalue weighted by Crippen LogP contribution is 2.25. The topological polar surface area (TPSA) is 109 Å². The molecule has 0 unspecified atom stereocenters. The van der Waals surface area contributed by atoms with Crippen molar-refractivity contribution in [2.24, 2.45) is 4.99 Å². The normalized spacial score (nSPS) is 16.9. The van der Waals surface area contributed by atoms with Crippen molar-refractivity contribution in [1.29, 1.82) is 0 Å². The molecule has 3 heterocycles. The Labute approximate surface area is 195 Å². The second-order valence-electron chi connectivity index (χ2n) is 7.71. The van der Waals surface area contributed by atoms with E-state index in [2.05, 4.69) is 26.9 Å². The summed E-state index contributed by atoms with van der Waals surface area (Å²) in [6.07, 6.45) is 5.94. The molecule has 0 radical (unpaired) electrons. The van der Waals surface area contributed by atoms with E-state index in [0.29, 0.717) is 11.3 Å². The van der Waals surface area contributed by atoms with Gasteiger partial charge in [0.25, 0.3) is 5.91 Å². The molecule has 0 saturated carbocycles. The number of sulfone groups is 1. The van der Waals surface area contributed by atoms with E-state index >= 15 is 0 Å². The predicted octanol–water partition coefficient (Wildman–Crippen LogP) is 2.04. The molecule has 2 aromatic heterocycles. The van der Waals surface area contributed by atoms with Gasteiger partial charge in [0.15, 0.2) is 9.84 Å². The number of aliphatic imine (C=N–C) groups is 1. The molecule has 1 N–H and O–H groups in total. The van der Waals surface area contributed by atoms with Crippen molar-refractivity contribution >= 4 is 27.7 Å². The first-order valence-electron chi connectivity index (χ1n) is 10.5. The number of fused-ring (bicyclic) bond motifs is 1. The van der Waals surface area contributed by atoms with E-state index in [-0.39, 0.29) is 49.8 Å². The molecular weight excluding hydrogens is 473 g/mol. The fraction of sp³-hybridized carbons (Fsp3) is 0.429. The van der Waals surface area contributed by atoms with Crippen LogP contribution in [0.25, 0.3) is 5.78 Å². The smallest absolute Gasteiger partial charge is 0.350 e. The standard InChI is InChI=1S/C21H25F3N6O3S/c1-2-3-18(34(32,33)17-4-9-29(10-5-17)15-21(22,23)24)13-25-6-7-26-19(31)16-12-28-20-27-8-11-30(20)14-16/h2-3,8,11-14,17H,1,4-7,9-10,15H2,(H,26,31)/b18-3+,25-13?. The van der Waals surface area contributed by atoms with Crippen LogP contribution in [0, 0.1) is 0 Å². The first-order valence-corrected chi connectivity index (χ1v) is 12.1. The third kappa shape index (κ3) is 6.73. The number of carbonyl (C=O) groups is 1. The summed E-state index contributed by atoms with van der Waals surface area (Å²) in [5.74, 6) is 0.105. The van der Waals surface area contributed by atoms with E-state index in [9.17, 15) is 26.4 Å². The van der Waals surface area contributed by atoms with E-state index in [4.69, 9.17) is 0 Å². The van der Waals surface area contributed by atoms with E-state index in [1.807, 2.05) is 0 Å². The number of hydrogen-bond acceptors (Lipinski definition) is 7. The van der Waals surface area contributed by atoms with Crippen molar-refractivity contribution in [3.63, 3.8) is 0 Å². The Balaban J connectivity index is 1.52. The molecule has 1 amide bonds.